The highest BCUT2D eigenvalue weighted by Crippen LogP contribution is 2.22. The summed E-state index contributed by atoms with van der Waals surface area (Å²) in [5.74, 6) is 0. The highest BCUT2D eigenvalue weighted by molar-refractivity contribution is 6.33. The van der Waals surface area contributed by atoms with Gasteiger partial charge in [-0.3, -0.25) is 0 Å². The number of nitrogens with one attached hydrogen (secondary N) is 1. The van der Waals surface area contributed by atoms with Gasteiger partial charge < -0.3 is 5.32 Å². The molecule has 1 aromatic rings. The van der Waals surface area contributed by atoms with Crippen molar-refractivity contribution in [2.75, 3.05) is 11.9 Å². The van der Waals surface area contributed by atoms with Crippen LogP contribution in [0.2, 0.25) is 5.02 Å². The van der Waals surface area contributed by atoms with Crippen molar-refractivity contribution >= 4 is 17.3 Å². The molecule has 3 heteroatoms. The van der Waals surface area contributed by atoms with Crippen molar-refractivity contribution in [3.05, 3.63) is 28.8 Å². The van der Waals surface area contributed by atoms with Crippen molar-refractivity contribution in [3.63, 3.8) is 0 Å². The first-order valence-electron chi connectivity index (χ1n) is 5.21. The third-order valence-corrected chi connectivity index (χ3v) is 2.52. The summed E-state index contributed by atoms with van der Waals surface area (Å²) in [5.41, 5.74) is 1.49. The van der Waals surface area contributed by atoms with E-state index in [1.54, 1.807) is 18.2 Å². The molecule has 1 N–H and O–H groups in total. The molecule has 1 aromatic carbocycles. The molecule has 0 spiro atoms. The molecule has 80 valence electrons. The molecule has 0 saturated heterocycles. The summed E-state index contributed by atoms with van der Waals surface area (Å²) in [7, 11) is 0. The fourth-order valence-corrected chi connectivity index (χ4v) is 1.51. The van der Waals surface area contributed by atoms with Gasteiger partial charge in [-0.25, -0.2) is 0 Å². The second-order valence-corrected chi connectivity index (χ2v) is 3.85. The molecule has 0 atom stereocenters. The SMILES string of the molecule is CCCCCNc1cc(C#N)ccc1Cl. The van der Waals surface area contributed by atoms with Crippen LogP contribution in [-0.2, 0) is 0 Å². The van der Waals surface area contributed by atoms with E-state index in [9.17, 15) is 0 Å². The minimum absolute atomic E-state index is 0.636. The zero-order valence-corrected chi connectivity index (χ0v) is 9.64. The number of hydrogen-bond acceptors (Lipinski definition) is 2. The molecule has 0 fully saturated rings. The zero-order valence-electron chi connectivity index (χ0n) is 8.89. The van der Waals surface area contributed by atoms with Crippen LogP contribution in [0.5, 0.6) is 0 Å². The molecule has 15 heavy (non-hydrogen) atoms. The molecule has 0 aromatic heterocycles. The number of rotatable bonds is 5. The molecule has 0 radical (unpaired) electrons. The van der Waals surface area contributed by atoms with Gasteiger partial charge in [0.05, 0.1) is 22.3 Å². The number of unbranched alkanes of at least 4 members (excludes halogenated alkanes) is 2. The number of halogens is 1. The van der Waals surface area contributed by atoms with E-state index in [1.807, 2.05) is 0 Å². The van der Waals surface area contributed by atoms with E-state index in [2.05, 4.69) is 18.3 Å². The molecule has 0 aliphatic heterocycles. The largest absolute Gasteiger partial charge is 0.384 e. The lowest BCUT2D eigenvalue weighted by atomic mass is 10.2. The van der Waals surface area contributed by atoms with Gasteiger partial charge in [0.2, 0.25) is 0 Å². The Morgan fingerprint density at radius 3 is 2.87 bits per heavy atom. The summed E-state index contributed by atoms with van der Waals surface area (Å²) < 4.78 is 0. The number of nitrogens with zero attached hydrogens (tertiary/aromatic N) is 1. The fraction of sp³-hybridized carbons (Fsp3) is 0.417. The van der Waals surface area contributed by atoms with Crippen molar-refractivity contribution in [2.24, 2.45) is 0 Å². The van der Waals surface area contributed by atoms with E-state index in [4.69, 9.17) is 16.9 Å². The Morgan fingerprint density at radius 2 is 2.20 bits per heavy atom. The molecule has 0 bridgehead atoms. The van der Waals surface area contributed by atoms with Gasteiger partial charge in [0, 0.05) is 6.54 Å². The van der Waals surface area contributed by atoms with Gasteiger partial charge in [0.25, 0.3) is 0 Å². The Morgan fingerprint density at radius 1 is 1.40 bits per heavy atom. The van der Waals surface area contributed by atoms with Gasteiger partial charge in [-0.15, -0.1) is 0 Å². The number of hydrogen-bond donors (Lipinski definition) is 1. The number of anilines is 1. The van der Waals surface area contributed by atoms with Gasteiger partial charge in [-0.1, -0.05) is 31.4 Å². The fourth-order valence-electron chi connectivity index (χ4n) is 1.33. The van der Waals surface area contributed by atoms with Crippen LogP contribution in [0.25, 0.3) is 0 Å². The van der Waals surface area contributed by atoms with Gasteiger partial charge in [-0.2, -0.15) is 5.26 Å². The lowest BCUT2D eigenvalue weighted by molar-refractivity contribution is 0.744. The van der Waals surface area contributed by atoms with Crippen molar-refractivity contribution in [1.82, 2.24) is 0 Å². The average Bonchev–Trinajstić information content (AvgIpc) is 2.26. The maximum Gasteiger partial charge on any atom is 0.0992 e. The average molecular weight is 223 g/mol. The molecule has 0 amide bonds. The third-order valence-electron chi connectivity index (χ3n) is 2.19. The molecule has 0 aliphatic rings. The normalized spacial score (nSPS) is 9.67. The predicted molar refractivity (Wildman–Crippen MR) is 64.2 cm³/mol. The predicted octanol–water partition coefficient (Wildman–Crippen LogP) is 3.81. The van der Waals surface area contributed by atoms with E-state index >= 15 is 0 Å². The van der Waals surface area contributed by atoms with E-state index in [-0.39, 0.29) is 0 Å². The maximum atomic E-state index is 8.74. The molecule has 0 saturated carbocycles. The van der Waals surface area contributed by atoms with Gasteiger partial charge in [0.1, 0.15) is 0 Å². The smallest absolute Gasteiger partial charge is 0.0992 e. The molecular formula is C12H15ClN2. The van der Waals surface area contributed by atoms with Crippen molar-refractivity contribution in [3.8, 4) is 6.07 Å². The highest BCUT2D eigenvalue weighted by Gasteiger charge is 2.00. The Labute approximate surface area is 95.9 Å². The maximum absolute atomic E-state index is 8.74. The Hall–Kier alpha value is -1.20. The highest BCUT2D eigenvalue weighted by atomic mass is 35.5. The van der Waals surface area contributed by atoms with Gasteiger partial charge >= 0.3 is 0 Å². The van der Waals surface area contributed by atoms with E-state index in [0.29, 0.717) is 10.6 Å². The van der Waals surface area contributed by atoms with Crippen LogP contribution in [0.3, 0.4) is 0 Å². The molecule has 0 unspecified atom stereocenters. The summed E-state index contributed by atoms with van der Waals surface area (Å²) >= 11 is 5.99. The Bertz CT molecular complexity index is 355. The van der Waals surface area contributed by atoms with Crippen LogP contribution in [0.4, 0.5) is 5.69 Å². The lowest BCUT2D eigenvalue weighted by Crippen LogP contribution is -2.01. The van der Waals surface area contributed by atoms with Gasteiger partial charge in [-0.05, 0) is 24.6 Å². The molecule has 0 aliphatic carbocycles. The van der Waals surface area contributed by atoms with E-state index in [0.717, 1.165) is 18.7 Å². The first-order valence-corrected chi connectivity index (χ1v) is 5.59. The van der Waals surface area contributed by atoms with Crippen LogP contribution in [0.1, 0.15) is 31.7 Å². The van der Waals surface area contributed by atoms with Crippen LogP contribution >= 0.6 is 11.6 Å². The molecule has 0 heterocycles. The third kappa shape index (κ3) is 3.81. The second kappa shape index (κ2) is 6.31. The van der Waals surface area contributed by atoms with Crippen molar-refractivity contribution in [1.29, 1.82) is 5.26 Å². The van der Waals surface area contributed by atoms with Crippen LogP contribution in [-0.4, -0.2) is 6.54 Å². The Kier molecular flexibility index (Phi) is 5.00. The first kappa shape index (κ1) is 11.9. The molecular weight excluding hydrogens is 208 g/mol. The molecule has 1 rings (SSSR count). The topological polar surface area (TPSA) is 35.8 Å². The number of benzene rings is 1. The van der Waals surface area contributed by atoms with Crippen LogP contribution < -0.4 is 5.32 Å². The quantitative estimate of drug-likeness (QED) is 0.769. The van der Waals surface area contributed by atoms with Crippen molar-refractivity contribution in [2.45, 2.75) is 26.2 Å². The van der Waals surface area contributed by atoms with Crippen molar-refractivity contribution < 1.29 is 0 Å². The van der Waals surface area contributed by atoms with Gasteiger partial charge in [0.15, 0.2) is 0 Å². The minimum atomic E-state index is 0.636. The van der Waals surface area contributed by atoms with Crippen LogP contribution in [0.15, 0.2) is 18.2 Å². The zero-order chi connectivity index (χ0) is 11.1. The van der Waals surface area contributed by atoms with Crippen LogP contribution in [0, 0.1) is 11.3 Å². The monoisotopic (exact) mass is 222 g/mol. The van der Waals surface area contributed by atoms with E-state index in [1.165, 1.54) is 12.8 Å². The van der Waals surface area contributed by atoms with E-state index < -0.39 is 0 Å². The summed E-state index contributed by atoms with van der Waals surface area (Å²) in [6.07, 6.45) is 3.54. The Balaban J connectivity index is 2.56. The standard InChI is InChI=1S/C12H15ClN2/c1-2-3-4-7-15-12-8-10(9-14)5-6-11(12)13/h5-6,8,15H,2-4,7H2,1H3. The number of nitriles is 1. The second-order valence-electron chi connectivity index (χ2n) is 3.44. The minimum Gasteiger partial charge on any atom is -0.384 e. The summed E-state index contributed by atoms with van der Waals surface area (Å²) in [5, 5.41) is 12.7. The lowest BCUT2D eigenvalue weighted by Gasteiger charge is -2.07. The summed E-state index contributed by atoms with van der Waals surface area (Å²) in [6.45, 7) is 3.08. The summed E-state index contributed by atoms with van der Waals surface area (Å²) in [4.78, 5) is 0. The summed E-state index contributed by atoms with van der Waals surface area (Å²) in [6, 6.07) is 7.36. The molecule has 2 nitrogen and oxygen atoms in total. The first-order chi connectivity index (χ1) is 7.27.